The van der Waals surface area contributed by atoms with Crippen molar-refractivity contribution in [3.63, 3.8) is 0 Å². The number of carbonyl (C=O) groups is 2. The van der Waals surface area contributed by atoms with Crippen LogP contribution in [0.3, 0.4) is 0 Å². The maximum atomic E-state index is 13.9. The molecule has 0 aliphatic heterocycles. The molecular weight excluding hydrogens is 578 g/mol. The number of hydrogen-bond donors (Lipinski definition) is 2. The van der Waals surface area contributed by atoms with Crippen molar-refractivity contribution in [2.75, 3.05) is 5.32 Å². The topological polar surface area (TPSA) is 116 Å². The van der Waals surface area contributed by atoms with Gasteiger partial charge in [-0.1, -0.05) is 36.7 Å². The summed E-state index contributed by atoms with van der Waals surface area (Å²) >= 11 is 6.71. The third-order valence-electron chi connectivity index (χ3n) is 7.70. The van der Waals surface area contributed by atoms with Gasteiger partial charge in [0.15, 0.2) is 0 Å². The highest BCUT2D eigenvalue weighted by Gasteiger charge is 2.31. The first-order chi connectivity index (χ1) is 21.0. The van der Waals surface area contributed by atoms with Crippen LogP contribution in [0.5, 0.6) is 0 Å². The summed E-state index contributed by atoms with van der Waals surface area (Å²) in [5.74, 6) is -1.39. The van der Waals surface area contributed by atoms with Crippen molar-refractivity contribution in [2.24, 2.45) is 14.1 Å². The molecule has 2 unspecified atom stereocenters. The predicted octanol–water partition coefficient (Wildman–Crippen LogP) is 5.42. The number of aryl methyl sites for hydroxylation is 2. The largest absolute Gasteiger partial charge is 0.338 e. The second-order valence-corrected chi connectivity index (χ2v) is 11.4. The van der Waals surface area contributed by atoms with Crippen LogP contribution < -0.4 is 16.2 Å². The first kappa shape index (κ1) is 30.5. The number of pyridine rings is 1. The summed E-state index contributed by atoms with van der Waals surface area (Å²) in [6.45, 7) is 5.74. The molecule has 10 nitrogen and oxygen atoms in total. The van der Waals surface area contributed by atoms with Gasteiger partial charge < -0.3 is 19.8 Å². The average molecular weight is 612 g/mol. The van der Waals surface area contributed by atoms with Crippen molar-refractivity contribution in [1.82, 2.24) is 29.2 Å². The van der Waals surface area contributed by atoms with Gasteiger partial charge in [0.05, 0.1) is 18.2 Å². The highest BCUT2D eigenvalue weighted by molar-refractivity contribution is 6.31. The van der Waals surface area contributed by atoms with Crippen LogP contribution in [0.2, 0.25) is 5.02 Å². The molecule has 2 atom stereocenters. The Hall–Kier alpha value is -4.96. The van der Waals surface area contributed by atoms with Gasteiger partial charge in [0, 0.05) is 55.2 Å². The SMILES string of the molecule is CC(c1cc(-c2ccc(=O)n(C(C)C)c2)ccc1Cl)C(NC(=O)c1ccnn1C)C(=O)Nc1ccc(-c2cncn2C)cc1. The van der Waals surface area contributed by atoms with Gasteiger partial charge in [-0.05, 0) is 72.5 Å². The minimum Gasteiger partial charge on any atom is -0.338 e. The standard InChI is InChI=1S/C33H34ClN7O3/c1-20(2)41-18-24(9-13-30(41)42)23-8-12-27(34)26(16-23)21(3)31(38-32(43)28-14-15-36-40(28)5)33(44)37-25-10-6-22(7-11-25)29-17-35-19-39(29)4/h6-21,31H,1-5H3,(H,37,44)(H,38,43). The van der Waals surface area contributed by atoms with Crippen molar-refractivity contribution >= 4 is 29.1 Å². The second-order valence-electron chi connectivity index (χ2n) is 11.0. The maximum Gasteiger partial charge on any atom is 0.270 e. The van der Waals surface area contributed by atoms with E-state index in [9.17, 15) is 14.4 Å². The first-order valence-electron chi connectivity index (χ1n) is 14.2. The normalized spacial score (nSPS) is 12.6. The molecule has 0 aliphatic rings. The Morgan fingerprint density at radius 3 is 2.25 bits per heavy atom. The summed E-state index contributed by atoms with van der Waals surface area (Å²) in [5, 5.41) is 10.4. The molecule has 0 radical (unpaired) electrons. The number of benzene rings is 2. The molecule has 11 heteroatoms. The molecule has 0 fully saturated rings. The zero-order valence-corrected chi connectivity index (χ0v) is 25.9. The number of halogens is 1. The molecule has 0 saturated carbocycles. The lowest BCUT2D eigenvalue weighted by Gasteiger charge is -2.26. The Morgan fingerprint density at radius 1 is 0.909 bits per heavy atom. The monoisotopic (exact) mass is 611 g/mol. The molecule has 3 aromatic heterocycles. The van der Waals surface area contributed by atoms with E-state index in [4.69, 9.17) is 11.6 Å². The van der Waals surface area contributed by atoms with E-state index in [0.29, 0.717) is 22.0 Å². The van der Waals surface area contributed by atoms with Gasteiger partial charge in [0.1, 0.15) is 11.7 Å². The summed E-state index contributed by atoms with van der Waals surface area (Å²) in [6.07, 6.45) is 6.83. The van der Waals surface area contributed by atoms with Gasteiger partial charge in [0.25, 0.3) is 11.5 Å². The van der Waals surface area contributed by atoms with Gasteiger partial charge in [-0.2, -0.15) is 5.10 Å². The quantitative estimate of drug-likeness (QED) is 0.231. The van der Waals surface area contributed by atoms with Crippen LogP contribution in [0, 0.1) is 0 Å². The van der Waals surface area contributed by atoms with Crippen LogP contribution in [0.25, 0.3) is 22.4 Å². The fraction of sp³-hybridized carbons (Fsp3) is 0.242. The Labute approximate surface area is 260 Å². The minimum absolute atomic E-state index is 0.0124. The zero-order chi connectivity index (χ0) is 31.5. The lowest BCUT2D eigenvalue weighted by molar-refractivity contribution is -0.118. The molecule has 5 aromatic rings. The number of hydrogen-bond acceptors (Lipinski definition) is 5. The van der Waals surface area contributed by atoms with Gasteiger partial charge in [-0.15, -0.1) is 0 Å². The number of carbonyl (C=O) groups excluding carboxylic acids is 2. The van der Waals surface area contributed by atoms with E-state index in [1.165, 1.54) is 16.9 Å². The van der Waals surface area contributed by atoms with Gasteiger partial charge >= 0.3 is 0 Å². The van der Waals surface area contributed by atoms with E-state index in [2.05, 4.69) is 20.7 Å². The number of amides is 2. The first-order valence-corrected chi connectivity index (χ1v) is 14.6. The smallest absolute Gasteiger partial charge is 0.270 e. The van der Waals surface area contributed by atoms with Crippen LogP contribution in [0.1, 0.15) is 48.8 Å². The number of imidazole rings is 1. The molecule has 0 spiro atoms. The minimum atomic E-state index is -0.994. The molecule has 44 heavy (non-hydrogen) atoms. The van der Waals surface area contributed by atoms with E-state index >= 15 is 0 Å². The molecule has 2 aromatic carbocycles. The Bertz CT molecular complexity index is 1870. The van der Waals surface area contributed by atoms with E-state index < -0.39 is 23.8 Å². The molecule has 0 aliphatic carbocycles. The maximum absolute atomic E-state index is 13.9. The Kier molecular flexibility index (Phi) is 8.82. The number of aromatic nitrogens is 5. The molecule has 226 valence electrons. The van der Waals surface area contributed by atoms with E-state index in [1.807, 2.05) is 75.0 Å². The van der Waals surface area contributed by atoms with Crippen molar-refractivity contribution in [2.45, 2.75) is 38.8 Å². The molecule has 0 saturated heterocycles. The lowest BCUT2D eigenvalue weighted by Crippen LogP contribution is -2.47. The molecule has 0 bridgehead atoms. The molecule has 5 rings (SSSR count). The fourth-order valence-corrected chi connectivity index (χ4v) is 5.43. The molecule has 2 amide bonds. The highest BCUT2D eigenvalue weighted by atomic mass is 35.5. The van der Waals surface area contributed by atoms with Crippen LogP contribution in [0.15, 0.2) is 90.4 Å². The fourth-order valence-electron chi connectivity index (χ4n) is 5.14. The zero-order valence-electron chi connectivity index (χ0n) is 25.2. The number of nitrogens with one attached hydrogen (secondary N) is 2. The molecule has 3 heterocycles. The second kappa shape index (κ2) is 12.7. The van der Waals surface area contributed by atoms with Crippen molar-refractivity contribution in [3.05, 3.63) is 112 Å². The summed E-state index contributed by atoms with van der Waals surface area (Å²) in [6, 6.07) is 16.8. The number of nitrogens with zero attached hydrogens (tertiary/aromatic N) is 5. The Morgan fingerprint density at radius 2 is 1.61 bits per heavy atom. The van der Waals surface area contributed by atoms with E-state index in [1.54, 1.807) is 42.3 Å². The van der Waals surface area contributed by atoms with Crippen LogP contribution in [-0.2, 0) is 18.9 Å². The summed E-state index contributed by atoms with van der Waals surface area (Å²) < 4.78 is 5.02. The van der Waals surface area contributed by atoms with Crippen LogP contribution in [0.4, 0.5) is 5.69 Å². The average Bonchev–Trinajstić information content (AvgIpc) is 3.64. The van der Waals surface area contributed by atoms with Gasteiger partial charge in [-0.25, -0.2) is 4.98 Å². The molecular formula is C33H34ClN7O3. The molecule has 2 N–H and O–H groups in total. The van der Waals surface area contributed by atoms with Crippen molar-refractivity contribution < 1.29 is 9.59 Å². The third kappa shape index (κ3) is 6.35. The van der Waals surface area contributed by atoms with Crippen LogP contribution in [-0.4, -0.2) is 41.8 Å². The van der Waals surface area contributed by atoms with Crippen molar-refractivity contribution in [3.8, 4) is 22.4 Å². The van der Waals surface area contributed by atoms with Crippen LogP contribution >= 0.6 is 11.6 Å². The van der Waals surface area contributed by atoms with E-state index in [-0.39, 0.29) is 11.6 Å². The lowest BCUT2D eigenvalue weighted by atomic mass is 9.90. The van der Waals surface area contributed by atoms with Gasteiger partial charge in [-0.3, -0.25) is 19.1 Å². The van der Waals surface area contributed by atoms with E-state index in [0.717, 1.165) is 22.4 Å². The van der Waals surface area contributed by atoms with Crippen molar-refractivity contribution in [1.29, 1.82) is 0 Å². The third-order valence-corrected chi connectivity index (χ3v) is 8.05. The Balaban J connectivity index is 1.47. The number of anilines is 1. The summed E-state index contributed by atoms with van der Waals surface area (Å²) in [5.41, 5.74) is 5.01. The summed E-state index contributed by atoms with van der Waals surface area (Å²) in [7, 11) is 3.57. The predicted molar refractivity (Wildman–Crippen MR) is 172 cm³/mol. The highest BCUT2D eigenvalue weighted by Crippen LogP contribution is 2.32. The van der Waals surface area contributed by atoms with Gasteiger partial charge in [0.2, 0.25) is 5.91 Å². The summed E-state index contributed by atoms with van der Waals surface area (Å²) in [4.78, 5) is 43.7. The number of rotatable bonds is 9.